The van der Waals surface area contributed by atoms with Gasteiger partial charge in [-0.25, -0.2) is 4.99 Å². The summed E-state index contributed by atoms with van der Waals surface area (Å²) in [5.74, 6) is 1.55. The first-order valence-electron chi connectivity index (χ1n) is 9.38. The number of ether oxygens (including phenoxy) is 1. The van der Waals surface area contributed by atoms with Crippen LogP contribution in [0.5, 0.6) is 0 Å². The smallest absolute Gasteiger partial charge is 0.191 e. The molecule has 2 rings (SSSR count). The first-order chi connectivity index (χ1) is 12.1. The molecule has 2 N–H and O–H groups in total. The lowest BCUT2D eigenvalue weighted by Gasteiger charge is -2.26. The quantitative estimate of drug-likeness (QED) is 0.344. The van der Waals surface area contributed by atoms with Gasteiger partial charge in [-0.3, -0.25) is 9.88 Å². The number of aryl methyl sites for hydroxylation is 1. The molecule has 1 fully saturated rings. The van der Waals surface area contributed by atoms with E-state index in [4.69, 9.17) is 9.73 Å². The Bertz CT molecular complexity index is 532. The Labute approximate surface area is 175 Å². The number of nitrogens with zero attached hydrogens (tertiary/aromatic N) is 3. The monoisotopic (exact) mass is 475 g/mol. The Morgan fingerprint density at radius 2 is 2.00 bits per heavy atom. The highest BCUT2D eigenvalue weighted by Gasteiger charge is 2.10. The first-order valence-corrected chi connectivity index (χ1v) is 9.38. The SMILES string of the molecule is Cc1cccnc1CN=C(NCCC(C)C)NCCN1CCOCC1.I. The summed E-state index contributed by atoms with van der Waals surface area (Å²) in [4.78, 5) is 11.6. The van der Waals surface area contributed by atoms with Crippen LogP contribution in [0.4, 0.5) is 0 Å². The van der Waals surface area contributed by atoms with Crippen LogP contribution >= 0.6 is 24.0 Å². The van der Waals surface area contributed by atoms with Crippen LogP contribution in [0.15, 0.2) is 23.3 Å². The highest BCUT2D eigenvalue weighted by molar-refractivity contribution is 14.0. The Hall–Kier alpha value is -0.930. The van der Waals surface area contributed by atoms with Crippen molar-refractivity contribution < 1.29 is 4.74 Å². The van der Waals surface area contributed by atoms with E-state index in [9.17, 15) is 0 Å². The number of aliphatic imine (C=N–C) groups is 1. The van der Waals surface area contributed by atoms with Crippen LogP contribution in [-0.2, 0) is 11.3 Å². The summed E-state index contributed by atoms with van der Waals surface area (Å²) < 4.78 is 5.40. The predicted molar refractivity (Wildman–Crippen MR) is 118 cm³/mol. The standard InChI is InChI=1S/C19H33N5O.HI/c1-16(2)6-8-21-19(22-9-10-24-11-13-25-14-12-24)23-15-18-17(3)5-4-7-20-18;/h4-5,7,16H,6,8-15H2,1-3H3,(H2,21,22,23);1H. The largest absolute Gasteiger partial charge is 0.379 e. The third-order valence-corrected chi connectivity index (χ3v) is 4.34. The molecule has 6 nitrogen and oxygen atoms in total. The van der Waals surface area contributed by atoms with Crippen molar-refractivity contribution in [2.45, 2.75) is 33.7 Å². The minimum absolute atomic E-state index is 0. The summed E-state index contributed by atoms with van der Waals surface area (Å²) in [6, 6.07) is 4.04. The van der Waals surface area contributed by atoms with Gasteiger partial charge in [0.25, 0.3) is 0 Å². The second-order valence-electron chi connectivity index (χ2n) is 6.92. The highest BCUT2D eigenvalue weighted by atomic mass is 127. The molecule has 1 aromatic rings. The summed E-state index contributed by atoms with van der Waals surface area (Å²) in [5.41, 5.74) is 2.21. The van der Waals surface area contributed by atoms with Gasteiger partial charge in [-0.05, 0) is 30.9 Å². The van der Waals surface area contributed by atoms with Gasteiger partial charge in [0.2, 0.25) is 0 Å². The molecule has 1 aromatic heterocycles. The lowest BCUT2D eigenvalue weighted by Crippen LogP contribution is -2.44. The Kier molecular flexibility index (Phi) is 11.8. The minimum Gasteiger partial charge on any atom is -0.379 e. The number of halogens is 1. The van der Waals surface area contributed by atoms with Gasteiger partial charge in [-0.1, -0.05) is 19.9 Å². The number of pyridine rings is 1. The number of morpholine rings is 1. The second-order valence-corrected chi connectivity index (χ2v) is 6.92. The molecule has 0 atom stereocenters. The van der Waals surface area contributed by atoms with Crippen LogP contribution in [0.25, 0.3) is 0 Å². The van der Waals surface area contributed by atoms with Crippen molar-refractivity contribution in [3.63, 3.8) is 0 Å². The van der Waals surface area contributed by atoms with Crippen molar-refractivity contribution in [2.24, 2.45) is 10.9 Å². The van der Waals surface area contributed by atoms with Crippen molar-refractivity contribution in [2.75, 3.05) is 45.9 Å². The predicted octanol–water partition coefficient (Wildman–Crippen LogP) is 2.42. The molecule has 0 unspecified atom stereocenters. The van der Waals surface area contributed by atoms with Gasteiger partial charge in [0, 0.05) is 38.9 Å². The van der Waals surface area contributed by atoms with E-state index in [-0.39, 0.29) is 24.0 Å². The van der Waals surface area contributed by atoms with Crippen LogP contribution in [0, 0.1) is 12.8 Å². The molecule has 2 heterocycles. The van der Waals surface area contributed by atoms with Crippen LogP contribution in [0.2, 0.25) is 0 Å². The Morgan fingerprint density at radius 1 is 1.27 bits per heavy atom. The molecule has 1 saturated heterocycles. The molecule has 148 valence electrons. The lowest BCUT2D eigenvalue weighted by atomic mass is 10.1. The Morgan fingerprint density at radius 3 is 2.69 bits per heavy atom. The maximum atomic E-state index is 5.40. The zero-order chi connectivity index (χ0) is 17.9. The van der Waals surface area contributed by atoms with E-state index < -0.39 is 0 Å². The van der Waals surface area contributed by atoms with Gasteiger partial charge in [0.1, 0.15) is 0 Å². The van der Waals surface area contributed by atoms with E-state index in [2.05, 4.69) is 47.4 Å². The van der Waals surface area contributed by atoms with Gasteiger partial charge >= 0.3 is 0 Å². The Balaban J connectivity index is 0.00000338. The van der Waals surface area contributed by atoms with E-state index in [1.807, 2.05) is 12.3 Å². The molecule has 26 heavy (non-hydrogen) atoms. The molecule has 1 aliphatic rings. The highest BCUT2D eigenvalue weighted by Crippen LogP contribution is 2.04. The molecule has 0 saturated carbocycles. The average molecular weight is 475 g/mol. The first kappa shape index (κ1) is 23.1. The summed E-state index contributed by atoms with van der Waals surface area (Å²) in [5, 5.41) is 6.91. The van der Waals surface area contributed by atoms with Crippen LogP contribution in [0.3, 0.4) is 0 Å². The molecular weight excluding hydrogens is 441 g/mol. The van der Waals surface area contributed by atoms with Crippen molar-refractivity contribution in [3.05, 3.63) is 29.6 Å². The van der Waals surface area contributed by atoms with Crippen molar-refractivity contribution in [1.29, 1.82) is 0 Å². The maximum absolute atomic E-state index is 5.40. The van der Waals surface area contributed by atoms with E-state index in [1.54, 1.807) is 0 Å². The average Bonchev–Trinajstić information content (AvgIpc) is 2.61. The molecular formula is C19H34IN5O. The molecule has 0 radical (unpaired) electrons. The van der Waals surface area contributed by atoms with Crippen LogP contribution in [-0.4, -0.2) is 61.8 Å². The molecule has 7 heteroatoms. The summed E-state index contributed by atoms with van der Waals surface area (Å²) in [6.45, 7) is 13.7. The molecule has 0 aliphatic carbocycles. The summed E-state index contributed by atoms with van der Waals surface area (Å²) in [6.07, 6.45) is 2.96. The maximum Gasteiger partial charge on any atom is 0.191 e. The van der Waals surface area contributed by atoms with Crippen molar-refractivity contribution >= 4 is 29.9 Å². The van der Waals surface area contributed by atoms with Crippen LogP contribution < -0.4 is 10.6 Å². The summed E-state index contributed by atoms with van der Waals surface area (Å²) >= 11 is 0. The number of guanidine groups is 1. The molecule has 0 bridgehead atoms. The molecule has 0 spiro atoms. The van der Waals surface area contributed by atoms with Crippen molar-refractivity contribution in [1.82, 2.24) is 20.5 Å². The fraction of sp³-hybridized carbons (Fsp3) is 0.684. The van der Waals surface area contributed by atoms with E-state index in [1.165, 1.54) is 5.56 Å². The van der Waals surface area contributed by atoms with E-state index >= 15 is 0 Å². The number of nitrogens with one attached hydrogen (secondary N) is 2. The van der Waals surface area contributed by atoms with Gasteiger partial charge in [-0.15, -0.1) is 24.0 Å². The summed E-state index contributed by atoms with van der Waals surface area (Å²) in [7, 11) is 0. The van der Waals surface area contributed by atoms with Crippen molar-refractivity contribution in [3.8, 4) is 0 Å². The molecule has 1 aliphatic heterocycles. The number of hydrogen-bond acceptors (Lipinski definition) is 4. The lowest BCUT2D eigenvalue weighted by molar-refractivity contribution is 0.0389. The number of hydrogen-bond donors (Lipinski definition) is 2. The van der Waals surface area contributed by atoms with E-state index in [0.717, 1.165) is 64.0 Å². The minimum atomic E-state index is 0. The van der Waals surface area contributed by atoms with Crippen LogP contribution in [0.1, 0.15) is 31.5 Å². The van der Waals surface area contributed by atoms with Gasteiger partial charge in [0.15, 0.2) is 5.96 Å². The number of aromatic nitrogens is 1. The molecule has 0 amide bonds. The topological polar surface area (TPSA) is 61.8 Å². The van der Waals surface area contributed by atoms with Gasteiger partial charge in [-0.2, -0.15) is 0 Å². The van der Waals surface area contributed by atoms with E-state index in [0.29, 0.717) is 12.5 Å². The number of rotatable bonds is 8. The second kappa shape index (κ2) is 13.3. The fourth-order valence-electron chi connectivity index (χ4n) is 2.65. The molecule has 0 aromatic carbocycles. The normalized spacial score (nSPS) is 15.6. The third-order valence-electron chi connectivity index (χ3n) is 4.34. The third kappa shape index (κ3) is 9.14. The zero-order valence-electron chi connectivity index (χ0n) is 16.3. The van der Waals surface area contributed by atoms with Gasteiger partial charge in [0.05, 0.1) is 25.5 Å². The van der Waals surface area contributed by atoms with Gasteiger partial charge < -0.3 is 15.4 Å². The fourth-order valence-corrected chi connectivity index (χ4v) is 2.65. The zero-order valence-corrected chi connectivity index (χ0v) is 18.7.